The lowest BCUT2D eigenvalue weighted by molar-refractivity contribution is 0.0977. The number of carbonyl (C=O) groups excluding carboxylic acids is 1. The molecule has 7 nitrogen and oxygen atoms in total. The standard InChI is InChI=1S/C17H10Cl2N6OS2/c18-12-6-3-10(7-13(12)19)14(26)22-16(27)21-11-4-1-9(2-5-11)15-24-25-8-20-23-17(25)28-15/h1-8H,(H2,21,22,26,27). The molecule has 0 aliphatic carbocycles. The van der Waals surface area contributed by atoms with Crippen LogP contribution in [0.4, 0.5) is 5.69 Å². The molecule has 2 heterocycles. The zero-order chi connectivity index (χ0) is 19.7. The van der Waals surface area contributed by atoms with Crippen LogP contribution in [0.1, 0.15) is 10.4 Å². The minimum Gasteiger partial charge on any atom is -0.332 e. The SMILES string of the molecule is O=C(NC(=S)Nc1ccc(-c2nn3cnnc3s2)cc1)c1ccc(Cl)c(Cl)c1. The van der Waals surface area contributed by atoms with Gasteiger partial charge in [-0.05, 0) is 54.7 Å². The lowest BCUT2D eigenvalue weighted by atomic mass is 10.2. The van der Waals surface area contributed by atoms with Gasteiger partial charge < -0.3 is 5.32 Å². The van der Waals surface area contributed by atoms with Gasteiger partial charge in [-0.1, -0.05) is 34.5 Å². The maximum atomic E-state index is 12.2. The van der Waals surface area contributed by atoms with E-state index in [4.69, 9.17) is 35.4 Å². The Balaban J connectivity index is 1.40. The molecule has 11 heteroatoms. The minimum absolute atomic E-state index is 0.169. The second-order valence-corrected chi connectivity index (χ2v) is 7.76. The zero-order valence-corrected chi connectivity index (χ0v) is 17.0. The third kappa shape index (κ3) is 3.97. The zero-order valence-electron chi connectivity index (χ0n) is 13.9. The second kappa shape index (κ2) is 7.80. The summed E-state index contributed by atoms with van der Waals surface area (Å²) in [5.41, 5.74) is 2.02. The molecule has 0 aliphatic rings. The normalized spacial score (nSPS) is 10.8. The van der Waals surface area contributed by atoms with Gasteiger partial charge in [0.2, 0.25) is 4.96 Å². The van der Waals surface area contributed by atoms with E-state index >= 15 is 0 Å². The van der Waals surface area contributed by atoms with Crippen molar-refractivity contribution >= 4 is 68.4 Å². The molecule has 0 atom stereocenters. The Kier molecular flexibility index (Phi) is 5.23. The van der Waals surface area contributed by atoms with Gasteiger partial charge in [0, 0.05) is 16.8 Å². The number of hydrogen-bond donors (Lipinski definition) is 2. The highest BCUT2D eigenvalue weighted by Crippen LogP contribution is 2.26. The molecule has 28 heavy (non-hydrogen) atoms. The molecule has 1 amide bonds. The van der Waals surface area contributed by atoms with Gasteiger partial charge in [0.05, 0.1) is 10.0 Å². The van der Waals surface area contributed by atoms with Gasteiger partial charge in [0.15, 0.2) is 5.11 Å². The first-order valence-corrected chi connectivity index (χ1v) is 9.82. The summed E-state index contributed by atoms with van der Waals surface area (Å²) in [5, 5.41) is 19.4. The average molecular weight is 449 g/mol. The smallest absolute Gasteiger partial charge is 0.257 e. The molecule has 0 bridgehead atoms. The number of benzene rings is 2. The Bertz CT molecular complexity index is 1160. The van der Waals surface area contributed by atoms with Crippen molar-refractivity contribution < 1.29 is 4.79 Å². The second-order valence-electron chi connectivity index (χ2n) is 5.58. The monoisotopic (exact) mass is 448 g/mol. The van der Waals surface area contributed by atoms with Crippen molar-refractivity contribution in [1.82, 2.24) is 25.1 Å². The summed E-state index contributed by atoms with van der Waals surface area (Å²) < 4.78 is 1.62. The first kappa shape index (κ1) is 18.8. The van der Waals surface area contributed by atoms with E-state index in [9.17, 15) is 4.79 Å². The van der Waals surface area contributed by atoms with Crippen LogP contribution in [0.2, 0.25) is 10.0 Å². The van der Waals surface area contributed by atoms with Crippen LogP contribution in [0.25, 0.3) is 15.5 Å². The van der Waals surface area contributed by atoms with Crippen LogP contribution in [0.15, 0.2) is 48.8 Å². The van der Waals surface area contributed by atoms with Crippen LogP contribution in [0, 0.1) is 0 Å². The summed E-state index contributed by atoms with van der Waals surface area (Å²) >= 11 is 18.4. The molecule has 0 radical (unpaired) electrons. The number of aromatic nitrogens is 4. The van der Waals surface area contributed by atoms with Gasteiger partial charge in [0.1, 0.15) is 11.3 Å². The molecule has 2 N–H and O–H groups in total. The summed E-state index contributed by atoms with van der Waals surface area (Å²) in [7, 11) is 0. The average Bonchev–Trinajstić information content (AvgIpc) is 3.26. The summed E-state index contributed by atoms with van der Waals surface area (Å²) in [6.07, 6.45) is 1.56. The van der Waals surface area contributed by atoms with Crippen molar-refractivity contribution in [2.24, 2.45) is 0 Å². The van der Waals surface area contributed by atoms with Gasteiger partial charge in [-0.25, -0.2) is 0 Å². The molecule has 140 valence electrons. The molecule has 0 aliphatic heterocycles. The van der Waals surface area contributed by atoms with Crippen molar-refractivity contribution in [3.05, 3.63) is 64.4 Å². The number of halogens is 2. The van der Waals surface area contributed by atoms with Crippen molar-refractivity contribution in [3.63, 3.8) is 0 Å². The third-order valence-electron chi connectivity index (χ3n) is 3.69. The molecule has 0 spiro atoms. The molecule has 0 saturated heterocycles. The first-order valence-electron chi connectivity index (χ1n) is 7.84. The van der Waals surface area contributed by atoms with Gasteiger partial charge in [0.25, 0.3) is 5.91 Å². The summed E-state index contributed by atoms with van der Waals surface area (Å²) in [6, 6.07) is 12.1. The number of thiocarbonyl (C=S) groups is 1. The lowest BCUT2D eigenvalue weighted by Crippen LogP contribution is -2.34. The van der Waals surface area contributed by atoms with Gasteiger partial charge in [-0.2, -0.15) is 9.61 Å². The predicted molar refractivity (Wildman–Crippen MR) is 114 cm³/mol. The number of fused-ring (bicyclic) bond motifs is 1. The van der Waals surface area contributed by atoms with E-state index in [1.165, 1.54) is 17.4 Å². The molecular formula is C17H10Cl2N6OS2. The first-order chi connectivity index (χ1) is 13.5. The fourth-order valence-electron chi connectivity index (χ4n) is 2.35. The largest absolute Gasteiger partial charge is 0.332 e. The molecule has 4 aromatic rings. The topological polar surface area (TPSA) is 84.2 Å². The Labute approximate surface area is 178 Å². The highest BCUT2D eigenvalue weighted by atomic mass is 35.5. The number of hydrogen-bond acceptors (Lipinski definition) is 6. The highest BCUT2D eigenvalue weighted by Gasteiger charge is 2.11. The molecule has 2 aromatic carbocycles. The quantitative estimate of drug-likeness (QED) is 0.454. The van der Waals surface area contributed by atoms with Crippen molar-refractivity contribution in [1.29, 1.82) is 0 Å². The lowest BCUT2D eigenvalue weighted by Gasteiger charge is -2.10. The summed E-state index contributed by atoms with van der Waals surface area (Å²) in [6.45, 7) is 0. The van der Waals surface area contributed by atoms with E-state index in [1.807, 2.05) is 24.3 Å². The number of rotatable bonds is 3. The van der Waals surface area contributed by atoms with Gasteiger partial charge in [-0.3, -0.25) is 10.1 Å². The van der Waals surface area contributed by atoms with E-state index < -0.39 is 0 Å². The fourth-order valence-corrected chi connectivity index (χ4v) is 3.68. The maximum Gasteiger partial charge on any atom is 0.257 e. The van der Waals surface area contributed by atoms with E-state index in [0.717, 1.165) is 21.2 Å². The molecule has 0 saturated carbocycles. The number of anilines is 1. The van der Waals surface area contributed by atoms with Crippen molar-refractivity contribution in [3.8, 4) is 10.6 Å². The van der Waals surface area contributed by atoms with E-state index in [2.05, 4.69) is 25.9 Å². The van der Waals surface area contributed by atoms with Crippen LogP contribution in [0.5, 0.6) is 0 Å². The van der Waals surface area contributed by atoms with Crippen LogP contribution in [0.3, 0.4) is 0 Å². The predicted octanol–water partition coefficient (Wildman–Crippen LogP) is 4.29. The number of amides is 1. The number of nitrogens with one attached hydrogen (secondary N) is 2. The maximum absolute atomic E-state index is 12.2. The summed E-state index contributed by atoms with van der Waals surface area (Å²) in [5.74, 6) is -0.382. The van der Waals surface area contributed by atoms with E-state index in [0.29, 0.717) is 15.6 Å². The summed E-state index contributed by atoms with van der Waals surface area (Å²) in [4.78, 5) is 13.0. The molecule has 4 rings (SSSR count). The Morgan fingerprint density at radius 2 is 1.89 bits per heavy atom. The third-order valence-corrected chi connectivity index (χ3v) is 5.59. The van der Waals surface area contributed by atoms with Crippen LogP contribution < -0.4 is 10.6 Å². The van der Waals surface area contributed by atoms with Gasteiger partial charge >= 0.3 is 0 Å². The Hall–Kier alpha value is -2.59. The van der Waals surface area contributed by atoms with Crippen molar-refractivity contribution in [2.45, 2.75) is 0 Å². The fraction of sp³-hybridized carbons (Fsp3) is 0. The molecule has 2 aromatic heterocycles. The van der Waals surface area contributed by atoms with Crippen molar-refractivity contribution in [2.75, 3.05) is 5.32 Å². The molecule has 0 fully saturated rings. The number of carbonyl (C=O) groups is 1. The minimum atomic E-state index is -0.382. The van der Waals surface area contributed by atoms with Crippen LogP contribution in [-0.2, 0) is 0 Å². The Morgan fingerprint density at radius 3 is 2.61 bits per heavy atom. The molecule has 0 unspecified atom stereocenters. The van der Waals surface area contributed by atoms with E-state index in [-0.39, 0.29) is 11.0 Å². The van der Waals surface area contributed by atoms with E-state index in [1.54, 1.807) is 23.0 Å². The molecular weight excluding hydrogens is 439 g/mol. The Morgan fingerprint density at radius 1 is 1.11 bits per heavy atom. The number of nitrogens with zero attached hydrogens (tertiary/aromatic N) is 4. The van der Waals surface area contributed by atoms with Crippen LogP contribution in [-0.4, -0.2) is 30.8 Å². The van der Waals surface area contributed by atoms with Gasteiger partial charge in [-0.15, -0.1) is 10.2 Å². The highest BCUT2D eigenvalue weighted by molar-refractivity contribution is 7.80. The van der Waals surface area contributed by atoms with Crippen LogP contribution >= 0.6 is 46.8 Å².